The minimum atomic E-state index is -0.218. The molecule has 2 rings (SSSR count). The molecule has 0 saturated carbocycles. The number of nitrogens with one attached hydrogen (secondary N) is 1. The maximum absolute atomic E-state index is 11.8. The molecular weight excluding hydrogens is 258 g/mol. The normalized spacial score (nSPS) is 18.4. The Balaban J connectivity index is 1.60. The lowest BCUT2D eigenvalue weighted by molar-refractivity contribution is -0.133. The third-order valence-corrected chi connectivity index (χ3v) is 3.92. The molecule has 1 N–H and O–H groups in total. The van der Waals surface area contributed by atoms with Crippen molar-refractivity contribution in [3.05, 3.63) is 0 Å². The Labute approximate surface area is 119 Å². The molecular formula is C14H23N3O3. The topological polar surface area (TPSA) is 69.7 Å². The molecule has 0 aromatic heterocycles. The molecule has 3 amide bonds. The molecule has 2 saturated heterocycles. The summed E-state index contributed by atoms with van der Waals surface area (Å²) in [6.07, 6.45) is 4.62. The van der Waals surface area contributed by atoms with E-state index in [2.05, 4.69) is 5.32 Å². The van der Waals surface area contributed by atoms with Gasteiger partial charge in [-0.1, -0.05) is 0 Å². The quantitative estimate of drug-likeness (QED) is 0.778. The monoisotopic (exact) mass is 281 g/mol. The van der Waals surface area contributed by atoms with Gasteiger partial charge in [0.1, 0.15) is 0 Å². The van der Waals surface area contributed by atoms with E-state index in [1.165, 1.54) is 0 Å². The van der Waals surface area contributed by atoms with Gasteiger partial charge in [-0.25, -0.2) is 0 Å². The van der Waals surface area contributed by atoms with E-state index < -0.39 is 0 Å². The minimum Gasteiger partial charge on any atom is -0.347 e. The fourth-order valence-electron chi connectivity index (χ4n) is 2.69. The summed E-state index contributed by atoms with van der Waals surface area (Å²) < 4.78 is 0. The first-order valence-electron chi connectivity index (χ1n) is 7.49. The molecule has 2 fully saturated rings. The van der Waals surface area contributed by atoms with Crippen molar-refractivity contribution in [1.29, 1.82) is 0 Å². The van der Waals surface area contributed by atoms with Crippen molar-refractivity contribution < 1.29 is 14.4 Å². The van der Waals surface area contributed by atoms with Gasteiger partial charge in [0.15, 0.2) is 0 Å². The van der Waals surface area contributed by atoms with Gasteiger partial charge in [0.25, 0.3) is 0 Å². The lowest BCUT2D eigenvalue weighted by atomic mass is 10.2. The van der Waals surface area contributed by atoms with Crippen LogP contribution in [-0.2, 0) is 14.4 Å². The zero-order valence-electron chi connectivity index (χ0n) is 11.9. The molecule has 2 aliphatic rings. The summed E-state index contributed by atoms with van der Waals surface area (Å²) in [5, 5.41) is 2.60. The summed E-state index contributed by atoms with van der Waals surface area (Å²) >= 11 is 0. The number of hydrogen-bond donors (Lipinski definition) is 1. The molecule has 2 aliphatic heterocycles. The van der Waals surface area contributed by atoms with E-state index in [1.54, 1.807) is 4.90 Å². The average molecular weight is 281 g/mol. The van der Waals surface area contributed by atoms with Crippen LogP contribution in [0, 0.1) is 0 Å². The van der Waals surface area contributed by atoms with Crippen LogP contribution in [-0.4, -0.2) is 60.2 Å². The molecule has 0 radical (unpaired) electrons. The smallest absolute Gasteiger partial charge is 0.241 e. The molecule has 2 heterocycles. The fraction of sp³-hybridized carbons (Fsp3) is 0.786. The highest BCUT2D eigenvalue weighted by molar-refractivity contribution is 5.87. The molecule has 6 heteroatoms. The van der Waals surface area contributed by atoms with Crippen molar-refractivity contribution in [2.75, 3.05) is 32.7 Å². The zero-order chi connectivity index (χ0) is 14.4. The van der Waals surface area contributed by atoms with Crippen molar-refractivity contribution in [2.45, 2.75) is 38.5 Å². The molecule has 0 aliphatic carbocycles. The van der Waals surface area contributed by atoms with Gasteiger partial charge in [-0.3, -0.25) is 14.4 Å². The fourth-order valence-corrected chi connectivity index (χ4v) is 2.69. The first-order valence-corrected chi connectivity index (χ1v) is 7.49. The summed E-state index contributed by atoms with van der Waals surface area (Å²) in [6.45, 7) is 3.27. The lowest BCUT2D eigenvalue weighted by Crippen LogP contribution is -2.39. The molecule has 0 atom stereocenters. The van der Waals surface area contributed by atoms with Gasteiger partial charge in [0.05, 0.1) is 6.54 Å². The Bertz CT molecular complexity index is 338. The van der Waals surface area contributed by atoms with E-state index in [1.807, 2.05) is 4.90 Å². The number of likely N-dealkylation sites (tertiary alicyclic amines) is 2. The Morgan fingerprint density at radius 3 is 1.80 bits per heavy atom. The molecule has 0 aromatic carbocycles. The minimum absolute atomic E-state index is 0.0262. The van der Waals surface area contributed by atoms with Gasteiger partial charge in [-0.2, -0.15) is 0 Å². The number of nitrogens with zero attached hydrogens (tertiary/aromatic N) is 2. The summed E-state index contributed by atoms with van der Waals surface area (Å²) in [6, 6.07) is 0. The molecule has 0 spiro atoms. The van der Waals surface area contributed by atoms with Crippen molar-refractivity contribution >= 4 is 17.7 Å². The predicted octanol–water partition coefficient (Wildman–Crippen LogP) is 0.128. The van der Waals surface area contributed by atoms with Gasteiger partial charge in [0, 0.05) is 39.0 Å². The molecule has 6 nitrogen and oxygen atoms in total. The highest BCUT2D eigenvalue weighted by Gasteiger charge is 2.20. The Hall–Kier alpha value is -1.59. The third kappa shape index (κ3) is 4.21. The van der Waals surface area contributed by atoms with Crippen LogP contribution in [0.25, 0.3) is 0 Å². The van der Waals surface area contributed by atoms with Crippen LogP contribution in [0.15, 0.2) is 0 Å². The Morgan fingerprint density at radius 1 is 0.750 bits per heavy atom. The van der Waals surface area contributed by atoms with Crippen LogP contribution in [0.5, 0.6) is 0 Å². The van der Waals surface area contributed by atoms with Crippen molar-refractivity contribution in [1.82, 2.24) is 15.1 Å². The predicted molar refractivity (Wildman–Crippen MR) is 73.9 cm³/mol. The van der Waals surface area contributed by atoms with Gasteiger partial charge in [-0.05, 0) is 25.7 Å². The average Bonchev–Trinajstić information content (AvgIpc) is 3.14. The standard InChI is InChI=1S/C14H23N3O3/c18-12(5-6-13(19)16-7-1-2-8-16)15-11-14(20)17-9-3-4-10-17/h1-11H2,(H,15,18). The molecule has 112 valence electrons. The molecule has 0 bridgehead atoms. The zero-order valence-corrected chi connectivity index (χ0v) is 11.9. The van der Waals surface area contributed by atoms with Crippen molar-refractivity contribution in [3.8, 4) is 0 Å². The summed E-state index contributed by atoms with van der Waals surface area (Å²) in [7, 11) is 0. The van der Waals surface area contributed by atoms with Crippen molar-refractivity contribution in [2.24, 2.45) is 0 Å². The molecule has 0 unspecified atom stereocenters. The number of carbonyl (C=O) groups is 3. The van der Waals surface area contributed by atoms with E-state index in [0.29, 0.717) is 0 Å². The van der Waals surface area contributed by atoms with E-state index >= 15 is 0 Å². The highest BCUT2D eigenvalue weighted by Crippen LogP contribution is 2.10. The van der Waals surface area contributed by atoms with Gasteiger partial charge in [-0.15, -0.1) is 0 Å². The van der Waals surface area contributed by atoms with Crippen LogP contribution in [0.1, 0.15) is 38.5 Å². The number of hydrogen-bond acceptors (Lipinski definition) is 3. The summed E-state index contributed by atoms with van der Waals surface area (Å²) in [5.41, 5.74) is 0. The number of amides is 3. The van der Waals surface area contributed by atoms with Gasteiger partial charge >= 0.3 is 0 Å². The van der Waals surface area contributed by atoms with Crippen LogP contribution < -0.4 is 5.32 Å². The SMILES string of the molecule is O=C(CCC(=O)N1CCCC1)NCC(=O)N1CCCC1. The maximum atomic E-state index is 11.8. The van der Waals surface area contributed by atoms with E-state index in [-0.39, 0.29) is 37.1 Å². The number of rotatable bonds is 5. The second-order valence-corrected chi connectivity index (χ2v) is 5.45. The Morgan fingerprint density at radius 2 is 1.25 bits per heavy atom. The Kier molecular flexibility index (Phi) is 5.38. The van der Waals surface area contributed by atoms with E-state index in [0.717, 1.165) is 51.9 Å². The summed E-state index contributed by atoms with van der Waals surface area (Å²) in [4.78, 5) is 38.7. The first-order chi connectivity index (χ1) is 9.66. The van der Waals surface area contributed by atoms with E-state index in [4.69, 9.17) is 0 Å². The van der Waals surface area contributed by atoms with Crippen LogP contribution >= 0.6 is 0 Å². The van der Waals surface area contributed by atoms with E-state index in [9.17, 15) is 14.4 Å². The van der Waals surface area contributed by atoms with Crippen LogP contribution in [0.3, 0.4) is 0 Å². The van der Waals surface area contributed by atoms with Gasteiger partial charge in [0.2, 0.25) is 17.7 Å². The lowest BCUT2D eigenvalue weighted by Gasteiger charge is -2.16. The van der Waals surface area contributed by atoms with Crippen molar-refractivity contribution in [3.63, 3.8) is 0 Å². The highest BCUT2D eigenvalue weighted by atomic mass is 16.2. The molecule has 20 heavy (non-hydrogen) atoms. The van der Waals surface area contributed by atoms with Crippen LogP contribution in [0.2, 0.25) is 0 Å². The second kappa shape index (κ2) is 7.26. The molecule has 0 aromatic rings. The van der Waals surface area contributed by atoms with Crippen LogP contribution in [0.4, 0.5) is 0 Å². The number of carbonyl (C=O) groups excluding carboxylic acids is 3. The maximum Gasteiger partial charge on any atom is 0.241 e. The first kappa shape index (κ1) is 14.8. The second-order valence-electron chi connectivity index (χ2n) is 5.45. The summed E-state index contributed by atoms with van der Waals surface area (Å²) in [5.74, 6) is -0.199. The van der Waals surface area contributed by atoms with Gasteiger partial charge < -0.3 is 15.1 Å². The largest absolute Gasteiger partial charge is 0.347 e. The third-order valence-electron chi connectivity index (χ3n) is 3.92.